The van der Waals surface area contributed by atoms with Gasteiger partial charge in [0.25, 0.3) is 5.91 Å². The van der Waals surface area contributed by atoms with E-state index in [1.54, 1.807) is 22.7 Å². The molecule has 0 saturated carbocycles. The second-order valence-electron chi connectivity index (χ2n) is 7.01. The second-order valence-corrected chi connectivity index (χ2v) is 9.05. The van der Waals surface area contributed by atoms with Crippen LogP contribution in [-0.2, 0) is 12.0 Å². The first kappa shape index (κ1) is 17.8. The third-order valence-corrected chi connectivity index (χ3v) is 6.24. The van der Waals surface area contributed by atoms with Gasteiger partial charge in [0.05, 0.1) is 17.1 Å². The first-order valence-corrected chi connectivity index (χ1v) is 9.93. The Labute approximate surface area is 156 Å². The quantitative estimate of drug-likeness (QED) is 0.667. The van der Waals surface area contributed by atoms with Crippen molar-refractivity contribution in [2.24, 2.45) is 0 Å². The van der Waals surface area contributed by atoms with Gasteiger partial charge in [-0.3, -0.25) is 4.79 Å². The van der Waals surface area contributed by atoms with Crippen LogP contribution in [0.1, 0.15) is 47.3 Å². The largest absolute Gasteiger partial charge is 0.347 e. The molecule has 1 aromatic carbocycles. The second kappa shape index (κ2) is 7.10. The molecule has 1 N–H and O–H groups in total. The minimum atomic E-state index is -0.0501. The van der Waals surface area contributed by atoms with Gasteiger partial charge >= 0.3 is 0 Å². The van der Waals surface area contributed by atoms with Gasteiger partial charge in [-0.1, -0.05) is 39.0 Å². The zero-order valence-electron chi connectivity index (χ0n) is 14.9. The van der Waals surface area contributed by atoms with E-state index in [0.29, 0.717) is 12.1 Å². The molecule has 0 radical (unpaired) electrons. The molecular formula is C20H22N2OS2. The van der Waals surface area contributed by atoms with E-state index < -0.39 is 0 Å². The lowest BCUT2D eigenvalue weighted by molar-refractivity contribution is 0.0951. The van der Waals surface area contributed by atoms with Gasteiger partial charge in [0.2, 0.25) is 0 Å². The number of carbonyl (C=O) groups is 1. The molecule has 0 spiro atoms. The Kier molecular flexibility index (Phi) is 5.06. The van der Waals surface area contributed by atoms with Gasteiger partial charge in [-0.15, -0.1) is 22.7 Å². The number of nitrogens with zero attached hydrogens (tertiary/aromatic N) is 1. The molecule has 0 aliphatic carbocycles. The lowest BCUT2D eigenvalue weighted by Crippen LogP contribution is -2.23. The first-order valence-electron chi connectivity index (χ1n) is 8.23. The summed E-state index contributed by atoms with van der Waals surface area (Å²) < 4.78 is 0. The van der Waals surface area contributed by atoms with Crippen molar-refractivity contribution in [2.75, 3.05) is 0 Å². The summed E-state index contributed by atoms with van der Waals surface area (Å²) in [6.07, 6.45) is 0. The highest BCUT2D eigenvalue weighted by atomic mass is 32.1. The van der Waals surface area contributed by atoms with Crippen molar-refractivity contribution in [3.05, 3.63) is 63.5 Å². The molecule has 0 saturated heterocycles. The maximum absolute atomic E-state index is 12.4. The third-order valence-electron chi connectivity index (χ3n) is 4.05. The zero-order chi connectivity index (χ0) is 18.0. The van der Waals surface area contributed by atoms with Crippen molar-refractivity contribution in [3.8, 4) is 9.88 Å². The fraction of sp³-hybridized carbons (Fsp3) is 0.300. The molecule has 0 atom stereocenters. The van der Waals surface area contributed by atoms with Crippen LogP contribution in [0.3, 0.4) is 0 Å². The summed E-state index contributed by atoms with van der Waals surface area (Å²) in [5.74, 6) is -0.0501. The molecule has 0 fully saturated rings. The summed E-state index contributed by atoms with van der Waals surface area (Å²) in [6, 6.07) is 11.9. The van der Waals surface area contributed by atoms with E-state index in [1.165, 1.54) is 10.4 Å². The molecule has 3 aromatic rings. The molecule has 0 aliphatic rings. The monoisotopic (exact) mass is 370 g/mol. The van der Waals surface area contributed by atoms with E-state index in [0.717, 1.165) is 15.6 Å². The lowest BCUT2D eigenvalue weighted by atomic mass is 9.87. The van der Waals surface area contributed by atoms with Crippen LogP contribution >= 0.6 is 22.7 Å². The van der Waals surface area contributed by atoms with Gasteiger partial charge in [-0.2, -0.15) is 0 Å². The maximum atomic E-state index is 12.4. The van der Waals surface area contributed by atoms with E-state index in [4.69, 9.17) is 0 Å². The number of rotatable bonds is 4. The molecule has 3 nitrogen and oxygen atoms in total. The highest BCUT2D eigenvalue weighted by molar-refractivity contribution is 7.21. The molecular weight excluding hydrogens is 348 g/mol. The molecule has 130 valence electrons. The predicted molar refractivity (Wildman–Crippen MR) is 106 cm³/mol. The molecule has 0 bridgehead atoms. The number of hydrogen-bond acceptors (Lipinski definition) is 4. The Hall–Kier alpha value is -1.98. The van der Waals surface area contributed by atoms with E-state index in [9.17, 15) is 4.79 Å². The molecule has 25 heavy (non-hydrogen) atoms. The Morgan fingerprint density at radius 3 is 2.48 bits per heavy atom. The van der Waals surface area contributed by atoms with Gasteiger partial charge in [0, 0.05) is 10.4 Å². The SMILES string of the molecule is Cc1nc(-c2cccs2)sc1CNC(=O)c1ccc(C(C)(C)C)cc1. The van der Waals surface area contributed by atoms with E-state index >= 15 is 0 Å². The summed E-state index contributed by atoms with van der Waals surface area (Å²) in [6.45, 7) is 9.00. The van der Waals surface area contributed by atoms with E-state index in [2.05, 4.69) is 42.5 Å². The van der Waals surface area contributed by atoms with E-state index in [-0.39, 0.29) is 11.3 Å². The number of thiazole rings is 1. The van der Waals surface area contributed by atoms with Crippen molar-refractivity contribution >= 4 is 28.6 Å². The van der Waals surface area contributed by atoms with Crippen molar-refractivity contribution in [3.63, 3.8) is 0 Å². The number of benzene rings is 1. The number of nitrogens with one attached hydrogen (secondary N) is 1. The van der Waals surface area contributed by atoms with E-state index in [1.807, 2.05) is 37.3 Å². The number of aromatic nitrogens is 1. The highest BCUT2D eigenvalue weighted by Gasteiger charge is 2.15. The number of amides is 1. The summed E-state index contributed by atoms with van der Waals surface area (Å²) in [5.41, 5.74) is 2.99. The summed E-state index contributed by atoms with van der Waals surface area (Å²) in [4.78, 5) is 19.3. The van der Waals surface area contributed by atoms with Gasteiger partial charge < -0.3 is 5.32 Å². The topological polar surface area (TPSA) is 42.0 Å². The predicted octanol–water partition coefficient (Wildman–Crippen LogP) is 5.41. The van der Waals surface area contributed by atoms with Crippen molar-refractivity contribution in [1.82, 2.24) is 10.3 Å². The standard InChI is InChI=1S/C20H22N2OS2/c1-13-17(25-19(22-13)16-6-5-11-24-16)12-21-18(23)14-7-9-15(10-8-14)20(2,3)4/h5-11H,12H2,1-4H3,(H,21,23). The summed E-state index contributed by atoms with van der Waals surface area (Å²) >= 11 is 3.33. The van der Waals surface area contributed by atoms with Gasteiger partial charge in [0.1, 0.15) is 5.01 Å². The van der Waals surface area contributed by atoms with Crippen molar-refractivity contribution in [1.29, 1.82) is 0 Å². The number of aryl methyl sites for hydroxylation is 1. The average molecular weight is 371 g/mol. The van der Waals surface area contributed by atoms with Crippen LogP contribution in [0.2, 0.25) is 0 Å². The van der Waals surface area contributed by atoms with Gasteiger partial charge in [-0.25, -0.2) is 4.98 Å². The molecule has 2 heterocycles. The Morgan fingerprint density at radius 2 is 1.88 bits per heavy atom. The molecule has 0 unspecified atom stereocenters. The van der Waals surface area contributed by atoms with Gasteiger partial charge in [-0.05, 0) is 41.5 Å². The Bertz CT molecular complexity index is 856. The number of carbonyl (C=O) groups excluding carboxylic acids is 1. The van der Waals surface area contributed by atoms with Crippen LogP contribution in [0.25, 0.3) is 9.88 Å². The molecule has 3 rings (SSSR count). The Balaban J connectivity index is 1.66. The molecule has 0 aliphatic heterocycles. The van der Waals surface area contributed by atoms with Crippen LogP contribution in [-0.4, -0.2) is 10.9 Å². The number of thiophene rings is 1. The smallest absolute Gasteiger partial charge is 0.251 e. The molecule has 1 amide bonds. The van der Waals surface area contributed by atoms with Crippen LogP contribution in [0.4, 0.5) is 0 Å². The first-order chi connectivity index (χ1) is 11.8. The third kappa shape index (κ3) is 4.17. The van der Waals surface area contributed by atoms with Crippen molar-refractivity contribution < 1.29 is 4.79 Å². The van der Waals surface area contributed by atoms with Crippen LogP contribution in [0.5, 0.6) is 0 Å². The average Bonchev–Trinajstić information content (AvgIpc) is 3.21. The minimum absolute atomic E-state index is 0.0501. The summed E-state index contributed by atoms with van der Waals surface area (Å²) in [7, 11) is 0. The maximum Gasteiger partial charge on any atom is 0.251 e. The zero-order valence-corrected chi connectivity index (χ0v) is 16.6. The van der Waals surface area contributed by atoms with Crippen molar-refractivity contribution in [2.45, 2.75) is 39.7 Å². The van der Waals surface area contributed by atoms with Crippen LogP contribution in [0, 0.1) is 6.92 Å². The van der Waals surface area contributed by atoms with Gasteiger partial charge in [0.15, 0.2) is 0 Å². The van der Waals surface area contributed by atoms with Crippen LogP contribution in [0.15, 0.2) is 41.8 Å². The number of hydrogen-bond donors (Lipinski definition) is 1. The molecule has 2 aromatic heterocycles. The lowest BCUT2D eigenvalue weighted by Gasteiger charge is -2.19. The normalized spacial score (nSPS) is 11.5. The minimum Gasteiger partial charge on any atom is -0.347 e. The summed E-state index contributed by atoms with van der Waals surface area (Å²) in [5, 5.41) is 6.08. The Morgan fingerprint density at radius 1 is 1.16 bits per heavy atom. The molecule has 5 heteroatoms. The highest BCUT2D eigenvalue weighted by Crippen LogP contribution is 2.31. The fourth-order valence-corrected chi connectivity index (χ4v) is 4.28. The fourth-order valence-electron chi connectivity index (χ4n) is 2.48. The van der Waals surface area contributed by atoms with Crippen LogP contribution < -0.4 is 5.32 Å².